The van der Waals surface area contributed by atoms with Gasteiger partial charge in [-0.3, -0.25) is 9.78 Å². The van der Waals surface area contributed by atoms with E-state index in [2.05, 4.69) is 25.4 Å². The van der Waals surface area contributed by atoms with Crippen LogP contribution in [-0.2, 0) is 10.2 Å². The SMILES string of the molecule is Nc1nnc(N2CCCC3(C2)C(=O)Nc2cccnc23)s1. The molecule has 1 unspecified atom stereocenters. The van der Waals surface area contributed by atoms with Gasteiger partial charge in [-0.15, -0.1) is 10.2 Å². The van der Waals surface area contributed by atoms with Crippen LogP contribution in [0.5, 0.6) is 0 Å². The highest BCUT2D eigenvalue weighted by Gasteiger charge is 2.50. The van der Waals surface area contributed by atoms with Crippen molar-refractivity contribution >= 4 is 33.2 Å². The monoisotopic (exact) mass is 302 g/mol. The molecule has 0 bridgehead atoms. The number of hydrogen-bond acceptors (Lipinski definition) is 7. The van der Waals surface area contributed by atoms with Gasteiger partial charge in [0.05, 0.1) is 11.4 Å². The summed E-state index contributed by atoms with van der Waals surface area (Å²) >= 11 is 1.35. The Morgan fingerprint density at radius 1 is 1.43 bits per heavy atom. The molecule has 0 saturated carbocycles. The van der Waals surface area contributed by atoms with E-state index in [-0.39, 0.29) is 5.91 Å². The lowest BCUT2D eigenvalue weighted by molar-refractivity contribution is -0.121. The highest BCUT2D eigenvalue weighted by molar-refractivity contribution is 7.18. The number of anilines is 3. The Morgan fingerprint density at radius 3 is 3.14 bits per heavy atom. The maximum Gasteiger partial charge on any atom is 0.238 e. The minimum Gasteiger partial charge on any atom is -0.374 e. The average molecular weight is 302 g/mol. The van der Waals surface area contributed by atoms with Crippen LogP contribution in [0, 0.1) is 0 Å². The van der Waals surface area contributed by atoms with Gasteiger partial charge in [0.15, 0.2) is 0 Å². The maximum absolute atomic E-state index is 12.6. The molecule has 0 radical (unpaired) electrons. The summed E-state index contributed by atoms with van der Waals surface area (Å²) in [6.07, 6.45) is 3.44. The third kappa shape index (κ3) is 1.79. The fraction of sp³-hybridized carbons (Fsp3) is 0.385. The van der Waals surface area contributed by atoms with E-state index in [1.54, 1.807) is 6.20 Å². The van der Waals surface area contributed by atoms with Gasteiger partial charge in [-0.05, 0) is 25.0 Å². The summed E-state index contributed by atoms with van der Waals surface area (Å²) in [7, 11) is 0. The second-order valence-electron chi connectivity index (χ2n) is 5.38. The molecule has 1 fully saturated rings. The van der Waals surface area contributed by atoms with Crippen molar-refractivity contribution in [3.05, 3.63) is 24.0 Å². The van der Waals surface area contributed by atoms with Crippen molar-refractivity contribution < 1.29 is 4.79 Å². The van der Waals surface area contributed by atoms with E-state index in [0.717, 1.165) is 35.9 Å². The zero-order chi connectivity index (χ0) is 14.4. The summed E-state index contributed by atoms with van der Waals surface area (Å²) < 4.78 is 0. The van der Waals surface area contributed by atoms with Gasteiger partial charge in [-0.25, -0.2) is 0 Å². The molecule has 1 spiro atoms. The summed E-state index contributed by atoms with van der Waals surface area (Å²) in [5, 5.41) is 12.1. The molecule has 1 atom stereocenters. The highest BCUT2D eigenvalue weighted by Crippen LogP contribution is 2.43. The topological polar surface area (TPSA) is 97.0 Å². The van der Waals surface area contributed by atoms with Gasteiger partial charge < -0.3 is 16.0 Å². The molecule has 4 heterocycles. The van der Waals surface area contributed by atoms with Crippen molar-refractivity contribution in [1.82, 2.24) is 15.2 Å². The number of aromatic nitrogens is 3. The van der Waals surface area contributed by atoms with Crippen LogP contribution in [0.2, 0.25) is 0 Å². The van der Waals surface area contributed by atoms with E-state index < -0.39 is 5.41 Å². The number of amides is 1. The van der Waals surface area contributed by atoms with Gasteiger partial charge in [0.1, 0.15) is 5.41 Å². The molecule has 7 nitrogen and oxygen atoms in total. The molecule has 2 aromatic heterocycles. The van der Waals surface area contributed by atoms with Crippen molar-refractivity contribution in [1.29, 1.82) is 0 Å². The number of piperidine rings is 1. The third-order valence-corrected chi connectivity index (χ3v) is 4.95. The molecular weight excluding hydrogens is 288 g/mol. The molecule has 1 saturated heterocycles. The number of fused-ring (bicyclic) bond motifs is 2. The Balaban J connectivity index is 1.73. The highest BCUT2D eigenvalue weighted by atomic mass is 32.1. The molecule has 1 amide bonds. The van der Waals surface area contributed by atoms with E-state index in [9.17, 15) is 4.79 Å². The Morgan fingerprint density at radius 2 is 2.33 bits per heavy atom. The van der Waals surface area contributed by atoms with Crippen LogP contribution in [0.1, 0.15) is 18.5 Å². The van der Waals surface area contributed by atoms with E-state index >= 15 is 0 Å². The van der Waals surface area contributed by atoms with Gasteiger partial charge in [0.25, 0.3) is 0 Å². The molecule has 2 aromatic rings. The number of hydrogen-bond donors (Lipinski definition) is 2. The van der Waals surface area contributed by atoms with Gasteiger partial charge in [-0.2, -0.15) is 0 Å². The molecule has 0 aliphatic carbocycles. The number of nitrogens with one attached hydrogen (secondary N) is 1. The molecule has 4 rings (SSSR count). The molecule has 0 aromatic carbocycles. The number of nitrogens with zero attached hydrogens (tertiary/aromatic N) is 4. The quantitative estimate of drug-likeness (QED) is 0.816. The Kier molecular flexibility index (Phi) is 2.61. The number of nitrogens with two attached hydrogens (primary N) is 1. The molecule has 21 heavy (non-hydrogen) atoms. The largest absolute Gasteiger partial charge is 0.374 e. The van der Waals surface area contributed by atoms with Crippen LogP contribution >= 0.6 is 11.3 Å². The first-order valence-electron chi connectivity index (χ1n) is 6.80. The minimum atomic E-state index is -0.588. The van der Waals surface area contributed by atoms with E-state index in [0.29, 0.717) is 11.7 Å². The van der Waals surface area contributed by atoms with Crippen molar-refractivity contribution in [2.24, 2.45) is 0 Å². The molecule has 108 valence electrons. The number of pyridine rings is 1. The second-order valence-corrected chi connectivity index (χ2v) is 6.37. The van der Waals surface area contributed by atoms with E-state index in [1.165, 1.54) is 11.3 Å². The van der Waals surface area contributed by atoms with Gasteiger partial charge in [-0.1, -0.05) is 11.3 Å². The van der Waals surface area contributed by atoms with Crippen LogP contribution in [-0.4, -0.2) is 34.2 Å². The van der Waals surface area contributed by atoms with Crippen LogP contribution in [0.15, 0.2) is 18.3 Å². The van der Waals surface area contributed by atoms with Gasteiger partial charge in [0.2, 0.25) is 16.2 Å². The predicted molar refractivity (Wildman–Crippen MR) is 80.3 cm³/mol. The number of rotatable bonds is 1. The lowest BCUT2D eigenvalue weighted by Crippen LogP contribution is -2.50. The van der Waals surface area contributed by atoms with Crippen LogP contribution in [0.4, 0.5) is 16.0 Å². The lowest BCUT2D eigenvalue weighted by Gasteiger charge is -2.37. The van der Waals surface area contributed by atoms with E-state index in [4.69, 9.17) is 5.73 Å². The van der Waals surface area contributed by atoms with Crippen LogP contribution < -0.4 is 16.0 Å². The summed E-state index contributed by atoms with van der Waals surface area (Å²) in [6.45, 7) is 1.42. The zero-order valence-electron chi connectivity index (χ0n) is 11.2. The van der Waals surface area contributed by atoms with Gasteiger partial charge in [0, 0.05) is 19.3 Å². The van der Waals surface area contributed by atoms with Gasteiger partial charge >= 0.3 is 0 Å². The Bertz CT molecular complexity index is 716. The van der Waals surface area contributed by atoms with Crippen molar-refractivity contribution in [3.63, 3.8) is 0 Å². The van der Waals surface area contributed by atoms with E-state index in [1.807, 2.05) is 12.1 Å². The second kappa shape index (κ2) is 4.39. The van der Waals surface area contributed by atoms with Crippen molar-refractivity contribution in [3.8, 4) is 0 Å². The minimum absolute atomic E-state index is 0.0263. The Labute approximate surface area is 125 Å². The first-order valence-corrected chi connectivity index (χ1v) is 7.62. The number of carbonyl (C=O) groups is 1. The normalized spacial score (nSPS) is 24.2. The first-order chi connectivity index (χ1) is 10.2. The van der Waals surface area contributed by atoms with Crippen LogP contribution in [0.25, 0.3) is 0 Å². The fourth-order valence-corrected chi connectivity index (χ4v) is 3.82. The van der Waals surface area contributed by atoms with Crippen molar-refractivity contribution in [2.75, 3.05) is 29.0 Å². The molecule has 8 heteroatoms. The molecular formula is C13H14N6OS. The first kappa shape index (κ1) is 12.5. The average Bonchev–Trinajstić information content (AvgIpc) is 3.04. The number of nitrogen functional groups attached to an aromatic ring is 1. The smallest absolute Gasteiger partial charge is 0.238 e. The third-order valence-electron chi connectivity index (χ3n) is 4.14. The van der Waals surface area contributed by atoms with Crippen molar-refractivity contribution in [2.45, 2.75) is 18.3 Å². The molecule has 3 N–H and O–H groups in total. The maximum atomic E-state index is 12.6. The summed E-state index contributed by atoms with van der Waals surface area (Å²) in [5.74, 6) is 0.0263. The standard InChI is InChI=1S/C13H14N6OS/c14-11-17-18-12(21-11)19-6-2-4-13(7-19)9-8(16-10(13)20)3-1-5-15-9/h1,3,5H,2,4,6-7H2,(H2,14,17)(H,16,20). The lowest BCUT2D eigenvalue weighted by atomic mass is 9.77. The zero-order valence-corrected chi connectivity index (χ0v) is 12.1. The molecule has 2 aliphatic rings. The predicted octanol–water partition coefficient (Wildman–Crippen LogP) is 1.01. The summed E-state index contributed by atoms with van der Waals surface area (Å²) in [6, 6.07) is 3.74. The van der Waals surface area contributed by atoms with Crippen LogP contribution in [0.3, 0.4) is 0 Å². The Hall–Kier alpha value is -2.22. The summed E-state index contributed by atoms with van der Waals surface area (Å²) in [4.78, 5) is 19.1. The molecule has 2 aliphatic heterocycles. The number of carbonyl (C=O) groups excluding carboxylic acids is 1. The fourth-order valence-electron chi connectivity index (χ4n) is 3.19. The summed E-state index contributed by atoms with van der Waals surface area (Å²) in [5.41, 5.74) is 6.74.